The van der Waals surface area contributed by atoms with Gasteiger partial charge in [0.1, 0.15) is 0 Å². The van der Waals surface area contributed by atoms with Gasteiger partial charge in [0.15, 0.2) is 0 Å². The normalized spacial score (nSPS) is 20.6. The van der Waals surface area contributed by atoms with E-state index in [-0.39, 0.29) is 48.7 Å². The van der Waals surface area contributed by atoms with Crippen molar-refractivity contribution < 1.29 is 22.7 Å². The predicted molar refractivity (Wildman–Crippen MR) is 108 cm³/mol. The third kappa shape index (κ3) is 5.91. The number of halogens is 1. The Morgan fingerprint density at radius 2 is 1.79 bits per heavy atom. The summed E-state index contributed by atoms with van der Waals surface area (Å²) in [5.74, 6) is -0.307. The van der Waals surface area contributed by atoms with Gasteiger partial charge in [0.2, 0.25) is 21.8 Å². The van der Waals surface area contributed by atoms with E-state index in [9.17, 15) is 18.0 Å². The van der Waals surface area contributed by atoms with Crippen molar-refractivity contribution in [2.24, 2.45) is 0 Å². The van der Waals surface area contributed by atoms with Crippen molar-refractivity contribution in [1.29, 1.82) is 0 Å². The number of nitrogens with one attached hydrogen (secondary N) is 1. The van der Waals surface area contributed by atoms with E-state index in [0.717, 1.165) is 19.4 Å². The topological polar surface area (TPSA) is 96.0 Å². The van der Waals surface area contributed by atoms with Crippen molar-refractivity contribution in [1.82, 2.24) is 14.5 Å². The van der Waals surface area contributed by atoms with E-state index in [0.29, 0.717) is 24.7 Å². The zero-order valence-electron chi connectivity index (χ0n) is 16.2. The highest BCUT2D eigenvalue weighted by atomic mass is 35.5. The summed E-state index contributed by atoms with van der Waals surface area (Å²) in [5.41, 5.74) is 0. The van der Waals surface area contributed by atoms with E-state index in [1.54, 1.807) is 4.90 Å². The first-order valence-corrected chi connectivity index (χ1v) is 11.6. The monoisotopic (exact) mass is 443 g/mol. The van der Waals surface area contributed by atoms with Gasteiger partial charge in [-0.25, -0.2) is 8.42 Å². The van der Waals surface area contributed by atoms with Crippen molar-refractivity contribution in [2.75, 3.05) is 39.3 Å². The number of sulfonamides is 1. The lowest BCUT2D eigenvalue weighted by Gasteiger charge is -2.34. The van der Waals surface area contributed by atoms with E-state index in [1.807, 2.05) is 0 Å². The van der Waals surface area contributed by atoms with Gasteiger partial charge < -0.3 is 15.0 Å². The van der Waals surface area contributed by atoms with Gasteiger partial charge in [0, 0.05) is 57.2 Å². The molecule has 3 rings (SSSR count). The highest BCUT2D eigenvalue weighted by Crippen LogP contribution is 2.20. The lowest BCUT2D eigenvalue weighted by molar-refractivity contribution is -0.134. The van der Waals surface area contributed by atoms with Crippen molar-refractivity contribution in [2.45, 2.75) is 36.7 Å². The highest BCUT2D eigenvalue weighted by Gasteiger charge is 2.30. The number of carbonyl (C=O) groups is 2. The van der Waals surface area contributed by atoms with Crippen LogP contribution in [-0.4, -0.2) is 74.9 Å². The maximum Gasteiger partial charge on any atom is 0.243 e. The van der Waals surface area contributed by atoms with Gasteiger partial charge in [0.05, 0.1) is 11.0 Å². The van der Waals surface area contributed by atoms with E-state index in [2.05, 4.69) is 5.32 Å². The summed E-state index contributed by atoms with van der Waals surface area (Å²) in [6.07, 6.45) is 2.27. The Labute approximate surface area is 176 Å². The fraction of sp³-hybridized carbons (Fsp3) is 0.579. The first-order valence-electron chi connectivity index (χ1n) is 9.78. The highest BCUT2D eigenvalue weighted by molar-refractivity contribution is 7.89. The molecule has 2 aliphatic rings. The van der Waals surface area contributed by atoms with Crippen LogP contribution in [0.1, 0.15) is 25.7 Å². The Balaban J connectivity index is 1.42. The van der Waals surface area contributed by atoms with E-state index >= 15 is 0 Å². The van der Waals surface area contributed by atoms with Crippen LogP contribution in [0.15, 0.2) is 29.2 Å². The molecule has 10 heteroatoms. The Morgan fingerprint density at radius 3 is 2.41 bits per heavy atom. The summed E-state index contributed by atoms with van der Waals surface area (Å²) < 4.78 is 32.2. The number of nitrogens with zero attached hydrogens (tertiary/aromatic N) is 2. The molecule has 2 heterocycles. The van der Waals surface area contributed by atoms with Crippen LogP contribution < -0.4 is 5.32 Å². The van der Waals surface area contributed by atoms with Crippen molar-refractivity contribution >= 4 is 33.4 Å². The fourth-order valence-electron chi connectivity index (χ4n) is 3.43. The Bertz CT molecular complexity index is 817. The van der Waals surface area contributed by atoms with Crippen LogP contribution in [0.5, 0.6) is 0 Å². The Hall–Kier alpha value is -1.68. The molecule has 1 aromatic rings. The van der Waals surface area contributed by atoms with Crippen molar-refractivity contribution in [3.05, 3.63) is 29.3 Å². The Morgan fingerprint density at radius 1 is 1.10 bits per heavy atom. The summed E-state index contributed by atoms with van der Waals surface area (Å²) in [7, 11) is -3.61. The second-order valence-corrected chi connectivity index (χ2v) is 9.55. The molecule has 2 aliphatic heterocycles. The van der Waals surface area contributed by atoms with Crippen LogP contribution in [0.4, 0.5) is 0 Å². The molecule has 0 unspecified atom stereocenters. The van der Waals surface area contributed by atoms with Crippen LogP contribution in [0.2, 0.25) is 5.02 Å². The Kier molecular flexibility index (Phi) is 7.50. The number of hydrogen-bond donors (Lipinski definition) is 1. The molecule has 1 N–H and O–H groups in total. The number of amides is 2. The molecule has 2 saturated heterocycles. The van der Waals surface area contributed by atoms with Gasteiger partial charge in [0.25, 0.3) is 0 Å². The van der Waals surface area contributed by atoms with Crippen LogP contribution in [0.25, 0.3) is 0 Å². The van der Waals surface area contributed by atoms with Crippen LogP contribution in [-0.2, 0) is 24.3 Å². The van der Waals surface area contributed by atoms with Gasteiger partial charge >= 0.3 is 0 Å². The van der Waals surface area contributed by atoms with Gasteiger partial charge in [-0.05, 0) is 37.1 Å². The fourth-order valence-corrected chi connectivity index (χ4v) is 4.98. The summed E-state index contributed by atoms with van der Waals surface area (Å²) in [6.45, 7) is 2.28. The van der Waals surface area contributed by atoms with Crippen molar-refractivity contribution in [3.8, 4) is 0 Å². The maximum absolute atomic E-state index is 12.7. The minimum absolute atomic E-state index is 0.0744. The molecule has 29 heavy (non-hydrogen) atoms. The molecular formula is C19H26ClN3O5S. The second kappa shape index (κ2) is 9.88. The molecule has 0 saturated carbocycles. The van der Waals surface area contributed by atoms with Gasteiger partial charge in [-0.3, -0.25) is 9.59 Å². The number of carbonyl (C=O) groups excluding carboxylic acids is 2. The summed E-state index contributed by atoms with van der Waals surface area (Å²) in [5, 5.41) is 3.27. The quantitative estimate of drug-likeness (QED) is 0.684. The molecule has 1 aromatic carbocycles. The summed E-state index contributed by atoms with van der Waals surface area (Å²) >= 11 is 5.82. The van der Waals surface area contributed by atoms with Crippen molar-refractivity contribution in [3.63, 3.8) is 0 Å². The molecule has 1 atom stereocenters. The molecule has 0 radical (unpaired) electrons. The van der Waals surface area contributed by atoms with E-state index < -0.39 is 10.0 Å². The number of hydrogen-bond acceptors (Lipinski definition) is 5. The molecule has 160 valence electrons. The van der Waals surface area contributed by atoms with E-state index in [4.69, 9.17) is 16.3 Å². The third-order valence-electron chi connectivity index (χ3n) is 5.16. The molecule has 8 nitrogen and oxygen atoms in total. The molecule has 0 spiro atoms. The number of ether oxygens (including phenoxy) is 1. The standard InChI is InChI=1S/C19H26ClN3O5S/c20-15-3-5-17(6-4-15)29(26,27)23-11-9-22(10-12-23)19(25)8-7-18(24)21-14-16-2-1-13-28-16/h3-6,16H,1-2,7-14H2,(H,21,24)/t16-/m0/s1. The molecular weight excluding hydrogens is 418 g/mol. The third-order valence-corrected chi connectivity index (χ3v) is 7.32. The molecule has 2 amide bonds. The number of piperazine rings is 1. The van der Waals surface area contributed by atoms with Gasteiger partial charge in [-0.2, -0.15) is 4.31 Å². The summed E-state index contributed by atoms with van der Waals surface area (Å²) in [6, 6.07) is 6.03. The molecule has 0 aromatic heterocycles. The average Bonchev–Trinajstić information content (AvgIpc) is 3.24. The average molecular weight is 444 g/mol. The van der Waals surface area contributed by atoms with Gasteiger partial charge in [-0.15, -0.1) is 0 Å². The minimum Gasteiger partial charge on any atom is -0.376 e. The summed E-state index contributed by atoms with van der Waals surface area (Å²) in [4.78, 5) is 26.1. The first kappa shape index (κ1) is 22.0. The van der Waals surface area contributed by atoms with Crippen LogP contribution in [0.3, 0.4) is 0 Å². The largest absolute Gasteiger partial charge is 0.376 e. The lowest BCUT2D eigenvalue weighted by Crippen LogP contribution is -2.50. The zero-order chi connectivity index (χ0) is 20.9. The minimum atomic E-state index is -3.61. The smallest absolute Gasteiger partial charge is 0.243 e. The maximum atomic E-state index is 12.7. The SMILES string of the molecule is O=C(CCC(=O)N1CCN(S(=O)(=O)c2ccc(Cl)cc2)CC1)NC[C@@H]1CCCO1. The van der Waals surface area contributed by atoms with E-state index in [1.165, 1.54) is 28.6 Å². The molecule has 2 fully saturated rings. The second-order valence-electron chi connectivity index (χ2n) is 7.18. The van der Waals surface area contributed by atoms with Crippen LogP contribution in [0, 0.1) is 0 Å². The van der Waals surface area contributed by atoms with Gasteiger partial charge in [-0.1, -0.05) is 11.6 Å². The number of rotatable bonds is 7. The number of benzene rings is 1. The molecule has 0 aliphatic carbocycles. The van der Waals surface area contributed by atoms with Crippen LogP contribution >= 0.6 is 11.6 Å². The predicted octanol–water partition coefficient (Wildman–Crippen LogP) is 1.25. The zero-order valence-corrected chi connectivity index (χ0v) is 17.8. The lowest BCUT2D eigenvalue weighted by atomic mass is 10.2. The molecule has 0 bridgehead atoms. The first-order chi connectivity index (χ1) is 13.9.